The summed E-state index contributed by atoms with van der Waals surface area (Å²) < 4.78 is 0. The molecular weight excluding hydrogens is 232 g/mol. The summed E-state index contributed by atoms with van der Waals surface area (Å²) in [5, 5.41) is 0. The smallest absolute Gasteiger partial charge is 0.0258 e. The lowest BCUT2D eigenvalue weighted by Gasteiger charge is -2.38. The van der Waals surface area contributed by atoms with Crippen LogP contribution in [0.1, 0.15) is 32.3 Å². The number of likely N-dealkylation sites (tertiary alicyclic amines) is 1. The second-order valence-corrected chi connectivity index (χ2v) is 6.20. The molecule has 1 atom stereocenters. The molecule has 0 saturated carbocycles. The van der Waals surface area contributed by atoms with Crippen LogP contribution in [0.2, 0.25) is 0 Å². The normalized spacial score (nSPS) is 19.8. The van der Waals surface area contributed by atoms with Gasteiger partial charge in [-0.05, 0) is 49.8 Å². The third-order valence-electron chi connectivity index (χ3n) is 4.62. The number of nitrogens with two attached hydrogens (primary N) is 1. The fourth-order valence-corrected chi connectivity index (χ4v) is 3.20. The van der Waals surface area contributed by atoms with Gasteiger partial charge < -0.3 is 5.73 Å². The van der Waals surface area contributed by atoms with Crippen molar-refractivity contribution < 1.29 is 0 Å². The Bertz CT molecular complexity index is 353. The Morgan fingerprint density at radius 1 is 1.16 bits per heavy atom. The maximum atomic E-state index is 6.00. The topological polar surface area (TPSA) is 29.3 Å². The van der Waals surface area contributed by atoms with Crippen molar-refractivity contribution in [2.24, 2.45) is 17.6 Å². The molecule has 106 valence electrons. The van der Waals surface area contributed by atoms with Crippen molar-refractivity contribution in [1.82, 2.24) is 4.90 Å². The minimum Gasteiger partial charge on any atom is -0.329 e. The van der Waals surface area contributed by atoms with Gasteiger partial charge in [-0.25, -0.2) is 0 Å². The van der Waals surface area contributed by atoms with Crippen LogP contribution in [-0.4, -0.2) is 30.6 Å². The SMILES string of the molecule is CC(C)C1CCN(C(CN)Cc2ccccc2)CC1. The number of rotatable bonds is 5. The van der Waals surface area contributed by atoms with E-state index in [0.717, 1.165) is 24.8 Å². The lowest BCUT2D eigenvalue weighted by molar-refractivity contribution is 0.117. The molecule has 1 aliphatic heterocycles. The average molecular weight is 260 g/mol. The van der Waals surface area contributed by atoms with E-state index in [1.54, 1.807) is 0 Å². The largest absolute Gasteiger partial charge is 0.329 e. The van der Waals surface area contributed by atoms with Gasteiger partial charge in [0.25, 0.3) is 0 Å². The Kier molecular flexibility index (Phi) is 5.41. The Hall–Kier alpha value is -0.860. The van der Waals surface area contributed by atoms with Gasteiger partial charge in [-0.2, -0.15) is 0 Å². The lowest BCUT2D eigenvalue weighted by Crippen LogP contribution is -2.46. The van der Waals surface area contributed by atoms with Crippen LogP contribution in [0.3, 0.4) is 0 Å². The first-order valence-corrected chi connectivity index (χ1v) is 7.68. The predicted molar refractivity (Wildman–Crippen MR) is 82.1 cm³/mol. The molecule has 1 aliphatic rings. The molecule has 1 fully saturated rings. The summed E-state index contributed by atoms with van der Waals surface area (Å²) in [7, 11) is 0. The summed E-state index contributed by atoms with van der Waals surface area (Å²) in [4.78, 5) is 2.60. The van der Waals surface area contributed by atoms with E-state index >= 15 is 0 Å². The molecule has 0 bridgehead atoms. The summed E-state index contributed by atoms with van der Waals surface area (Å²) in [6.07, 6.45) is 3.76. The molecular formula is C17H28N2. The van der Waals surface area contributed by atoms with E-state index < -0.39 is 0 Å². The molecule has 2 N–H and O–H groups in total. The van der Waals surface area contributed by atoms with Gasteiger partial charge in [0.2, 0.25) is 0 Å². The third-order valence-corrected chi connectivity index (χ3v) is 4.62. The first kappa shape index (κ1) is 14.5. The maximum Gasteiger partial charge on any atom is 0.0258 e. The molecule has 1 heterocycles. The number of hydrogen-bond donors (Lipinski definition) is 1. The van der Waals surface area contributed by atoms with Crippen molar-refractivity contribution in [3.05, 3.63) is 35.9 Å². The molecule has 0 amide bonds. The van der Waals surface area contributed by atoms with Crippen LogP contribution in [0.5, 0.6) is 0 Å². The van der Waals surface area contributed by atoms with Gasteiger partial charge in [0, 0.05) is 12.6 Å². The van der Waals surface area contributed by atoms with E-state index in [1.807, 2.05) is 0 Å². The van der Waals surface area contributed by atoms with Crippen LogP contribution in [0.25, 0.3) is 0 Å². The summed E-state index contributed by atoms with van der Waals surface area (Å²) in [6.45, 7) is 7.91. The summed E-state index contributed by atoms with van der Waals surface area (Å²) in [5.74, 6) is 1.74. The number of piperidine rings is 1. The average Bonchev–Trinajstić information content (AvgIpc) is 2.46. The third kappa shape index (κ3) is 4.05. The molecule has 0 aliphatic carbocycles. The highest BCUT2D eigenvalue weighted by Gasteiger charge is 2.25. The summed E-state index contributed by atoms with van der Waals surface area (Å²) >= 11 is 0. The van der Waals surface area contributed by atoms with Gasteiger partial charge in [-0.1, -0.05) is 44.2 Å². The minimum atomic E-state index is 0.510. The minimum absolute atomic E-state index is 0.510. The molecule has 1 aromatic carbocycles. The van der Waals surface area contributed by atoms with Crippen molar-refractivity contribution in [3.63, 3.8) is 0 Å². The van der Waals surface area contributed by atoms with E-state index in [-0.39, 0.29) is 0 Å². The van der Waals surface area contributed by atoms with Gasteiger partial charge in [0.05, 0.1) is 0 Å². The molecule has 0 radical (unpaired) electrons. The fraction of sp³-hybridized carbons (Fsp3) is 0.647. The number of nitrogens with zero attached hydrogens (tertiary/aromatic N) is 1. The highest BCUT2D eigenvalue weighted by atomic mass is 15.2. The van der Waals surface area contributed by atoms with Crippen LogP contribution in [0.4, 0.5) is 0 Å². The zero-order valence-corrected chi connectivity index (χ0v) is 12.4. The van der Waals surface area contributed by atoms with E-state index in [2.05, 4.69) is 49.1 Å². The highest BCUT2D eigenvalue weighted by molar-refractivity contribution is 5.16. The van der Waals surface area contributed by atoms with Crippen molar-refractivity contribution in [2.45, 2.75) is 39.2 Å². The van der Waals surface area contributed by atoms with E-state index in [9.17, 15) is 0 Å². The molecule has 2 heteroatoms. The van der Waals surface area contributed by atoms with Gasteiger partial charge in [0.15, 0.2) is 0 Å². The fourth-order valence-electron chi connectivity index (χ4n) is 3.20. The predicted octanol–water partition coefficient (Wildman–Crippen LogP) is 2.92. The second-order valence-electron chi connectivity index (χ2n) is 6.20. The second kappa shape index (κ2) is 7.06. The Labute approximate surface area is 118 Å². The molecule has 1 unspecified atom stereocenters. The monoisotopic (exact) mass is 260 g/mol. The Morgan fingerprint density at radius 2 is 1.79 bits per heavy atom. The van der Waals surface area contributed by atoms with Crippen LogP contribution >= 0.6 is 0 Å². The van der Waals surface area contributed by atoms with Crippen molar-refractivity contribution >= 4 is 0 Å². The highest BCUT2D eigenvalue weighted by Crippen LogP contribution is 2.26. The molecule has 0 aromatic heterocycles. The van der Waals surface area contributed by atoms with Crippen molar-refractivity contribution in [2.75, 3.05) is 19.6 Å². The van der Waals surface area contributed by atoms with Gasteiger partial charge in [0.1, 0.15) is 0 Å². The van der Waals surface area contributed by atoms with Crippen LogP contribution in [0, 0.1) is 11.8 Å². The molecule has 1 aromatic rings. The van der Waals surface area contributed by atoms with Crippen molar-refractivity contribution in [3.8, 4) is 0 Å². The molecule has 2 nitrogen and oxygen atoms in total. The summed E-state index contributed by atoms with van der Waals surface area (Å²) in [6, 6.07) is 11.2. The Morgan fingerprint density at radius 3 is 2.32 bits per heavy atom. The first-order valence-electron chi connectivity index (χ1n) is 7.68. The Balaban J connectivity index is 1.89. The molecule has 1 saturated heterocycles. The molecule has 2 rings (SSSR count). The first-order chi connectivity index (χ1) is 9.20. The van der Waals surface area contributed by atoms with Crippen molar-refractivity contribution in [1.29, 1.82) is 0 Å². The van der Waals surface area contributed by atoms with E-state index in [4.69, 9.17) is 5.73 Å². The van der Waals surface area contributed by atoms with E-state index in [1.165, 1.54) is 31.5 Å². The van der Waals surface area contributed by atoms with Gasteiger partial charge >= 0.3 is 0 Å². The van der Waals surface area contributed by atoms with E-state index in [0.29, 0.717) is 6.04 Å². The number of benzene rings is 1. The maximum absolute atomic E-state index is 6.00. The lowest BCUT2D eigenvalue weighted by atomic mass is 9.86. The standard InChI is InChI=1S/C17H28N2/c1-14(2)16-8-10-19(11-9-16)17(13-18)12-15-6-4-3-5-7-15/h3-7,14,16-17H,8-13,18H2,1-2H3. The summed E-state index contributed by atoms with van der Waals surface area (Å²) in [5.41, 5.74) is 7.41. The molecule has 0 spiro atoms. The zero-order valence-electron chi connectivity index (χ0n) is 12.4. The van der Waals surface area contributed by atoms with Crippen LogP contribution in [-0.2, 0) is 6.42 Å². The van der Waals surface area contributed by atoms with Gasteiger partial charge in [-0.3, -0.25) is 4.90 Å². The van der Waals surface area contributed by atoms with Crippen LogP contribution in [0.15, 0.2) is 30.3 Å². The quantitative estimate of drug-likeness (QED) is 0.882. The zero-order chi connectivity index (χ0) is 13.7. The van der Waals surface area contributed by atoms with Gasteiger partial charge in [-0.15, -0.1) is 0 Å². The van der Waals surface area contributed by atoms with Crippen LogP contribution < -0.4 is 5.73 Å². The molecule has 19 heavy (non-hydrogen) atoms. The number of hydrogen-bond acceptors (Lipinski definition) is 2.